The molecule has 0 spiro atoms. The number of rotatable bonds is 3. The fourth-order valence-electron chi connectivity index (χ4n) is 4.49. The molecule has 0 aliphatic carbocycles. The Balaban J connectivity index is 2.12. The Morgan fingerprint density at radius 3 is 1.46 bits per heavy atom. The first-order valence-electron chi connectivity index (χ1n) is 9.21. The molecule has 3 heteroatoms. The average molecular weight is 369 g/mol. The van der Waals surface area contributed by atoms with Crippen molar-refractivity contribution in [2.75, 3.05) is 22.3 Å². The van der Waals surface area contributed by atoms with Crippen molar-refractivity contribution < 1.29 is 0 Å². The van der Waals surface area contributed by atoms with Gasteiger partial charge < -0.3 is 9.80 Å². The zero-order valence-corrected chi connectivity index (χ0v) is 17.8. The first kappa shape index (κ1) is 18.8. The number of hydrogen-bond donors (Lipinski definition) is 0. The van der Waals surface area contributed by atoms with Crippen LogP contribution in [0.25, 0.3) is 0 Å². The van der Waals surface area contributed by atoms with E-state index >= 15 is 0 Å². The van der Waals surface area contributed by atoms with Crippen molar-refractivity contribution in [1.82, 2.24) is 0 Å². The van der Waals surface area contributed by atoms with Gasteiger partial charge in [-0.3, -0.25) is 0 Å². The predicted molar refractivity (Wildman–Crippen MR) is 115 cm³/mol. The predicted octanol–water partition coefficient (Wildman–Crippen LogP) is 6.29. The Hall–Kier alpha value is -1.93. The monoisotopic (exact) mass is 368 g/mol. The molecule has 0 atom stereocenters. The molecule has 0 fully saturated rings. The van der Waals surface area contributed by atoms with Gasteiger partial charge in [0.25, 0.3) is 0 Å². The van der Waals surface area contributed by atoms with Gasteiger partial charge in [0.05, 0.1) is 18.2 Å². The van der Waals surface area contributed by atoms with Crippen LogP contribution in [0.5, 0.6) is 0 Å². The number of alkyl halides is 1. The van der Waals surface area contributed by atoms with Crippen molar-refractivity contribution in [2.45, 2.75) is 48.5 Å². The molecule has 26 heavy (non-hydrogen) atoms. The van der Waals surface area contributed by atoms with Crippen LogP contribution in [0.3, 0.4) is 0 Å². The molecule has 2 aromatic carbocycles. The second-order valence-corrected chi connectivity index (χ2v) is 7.93. The highest BCUT2D eigenvalue weighted by Gasteiger charge is 2.30. The van der Waals surface area contributed by atoms with Gasteiger partial charge >= 0.3 is 0 Å². The van der Waals surface area contributed by atoms with Gasteiger partial charge in [-0.05, 0) is 70.7 Å². The number of allylic oxidation sites excluding steroid dienone is 2. The summed E-state index contributed by atoms with van der Waals surface area (Å²) in [5, 5.41) is 0. The lowest BCUT2D eigenvalue weighted by Crippen LogP contribution is -2.29. The van der Waals surface area contributed by atoms with Crippen LogP contribution in [0, 0.1) is 41.5 Å². The van der Waals surface area contributed by atoms with E-state index in [2.05, 4.69) is 82.5 Å². The molecule has 0 N–H and O–H groups in total. The Labute approximate surface area is 163 Å². The van der Waals surface area contributed by atoms with Gasteiger partial charge in [-0.1, -0.05) is 35.4 Å². The highest BCUT2D eigenvalue weighted by molar-refractivity contribution is 6.20. The van der Waals surface area contributed by atoms with Gasteiger partial charge in [0, 0.05) is 17.1 Å². The number of nitrogens with zero attached hydrogens (tertiary/aromatic N) is 2. The maximum absolute atomic E-state index is 6.41. The molecule has 0 saturated carbocycles. The number of benzene rings is 2. The molecule has 0 bridgehead atoms. The third kappa shape index (κ3) is 3.12. The summed E-state index contributed by atoms with van der Waals surface area (Å²) in [6.07, 6.45) is 0. The van der Waals surface area contributed by atoms with Gasteiger partial charge in [0.1, 0.15) is 0 Å². The number of hydrogen-bond acceptors (Lipinski definition) is 2. The van der Waals surface area contributed by atoms with E-state index in [-0.39, 0.29) is 0 Å². The first-order valence-corrected chi connectivity index (χ1v) is 9.74. The summed E-state index contributed by atoms with van der Waals surface area (Å²) < 4.78 is 0. The molecule has 1 aliphatic heterocycles. The Kier molecular flexibility index (Phi) is 5.07. The lowest BCUT2D eigenvalue weighted by Gasteiger charge is -2.29. The zero-order valence-electron chi connectivity index (χ0n) is 17.0. The van der Waals surface area contributed by atoms with Crippen LogP contribution in [0.15, 0.2) is 35.7 Å². The smallest absolute Gasteiger partial charge is 0.0995 e. The van der Waals surface area contributed by atoms with E-state index in [1.54, 1.807) is 0 Å². The van der Waals surface area contributed by atoms with E-state index in [1.807, 2.05) is 0 Å². The third-order valence-corrected chi connectivity index (χ3v) is 5.62. The van der Waals surface area contributed by atoms with Crippen molar-refractivity contribution in [3.8, 4) is 0 Å². The SMILES string of the molecule is CC1=C(CCl)N(c2c(C)cc(C)cc2C)CN1c1c(C)cc(C)cc1C. The topological polar surface area (TPSA) is 6.48 Å². The van der Waals surface area contributed by atoms with Gasteiger partial charge in [0.15, 0.2) is 0 Å². The van der Waals surface area contributed by atoms with Crippen LogP contribution < -0.4 is 9.80 Å². The van der Waals surface area contributed by atoms with Crippen molar-refractivity contribution in [1.29, 1.82) is 0 Å². The normalized spacial score (nSPS) is 14.6. The average Bonchev–Trinajstić information content (AvgIpc) is 2.82. The maximum Gasteiger partial charge on any atom is 0.0995 e. The summed E-state index contributed by atoms with van der Waals surface area (Å²) in [5.41, 5.74) is 12.9. The van der Waals surface area contributed by atoms with Crippen molar-refractivity contribution >= 4 is 23.0 Å². The summed E-state index contributed by atoms with van der Waals surface area (Å²) in [6, 6.07) is 9.05. The summed E-state index contributed by atoms with van der Waals surface area (Å²) in [6.45, 7) is 16.1. The summed E-state index contributed by atoms with van der Waals surface area (Å²) in [5.74, 6) is 0.513. The van der Waals surface area contributed by atoms with Crippen LogP contribution in [0.4, 0.5) is 11.4 Å². The van der Waals surface area contributed by atoms with Gasteiger partial charge in [-0.25, -0.2) is 0 Å². The standard InChI is InChI=1S/C23H29ClN2/c1-14-8-16(3)22(17(4)9-14)25-13-26(21(12-24)20(25)7)23-18(5)10-15(2)11-19(23)6/h8-11H,12-13H2,1-7H3. The van der Waals surface area contributed by atoms with Crippen LogP contribution in [-0.2, 0) is 0 Å². The minimum Gasteiger partial charge on any atom is -0.325 e. The molecule has 3 rings (SSSR count). The zero-order chi connectivity index (χ0) is 19.2. The van der Waals surface area contributed by atoms with E-state index in [1.165, 1.54) is 56.1 Å². The second kappa shape index (κ2) is 7.00. The Morgan fingerprint density at radius 1 is 0.692 bits per heavy atom. The van der Waals surface area contributed by atoms with E-state index in [0.717, 1.165) is 6.67 Å². The fourth-order valence-corrected chi connectivity index (χ4v) is 4.83. The summed E-state index contributed by atoms with van der Waals surface area (Å²) in [7, 11) is 0. The first-order chi connectivity index (χ1) is 12.2. The van der Waals surface area contributed by atoms with Crippen molar-refractivity contribution in [3.63, 3.8) is 0 Å². The molecular formula is C23H29ClN2. The molecule has 138 valence electrons. The number of anilines is 2. The summed E-state index contributed by atoms with van der Waals surface area (Å²) in [4.78, 5) is 4.81. The molecule has 0 unspecified atom stereocenters. The van der Waals surface area contributed by atoms with Gasteiger partial charge in [0.2, 0.25) is 0 Å². The number of halogens is 1. The highest BCUT2D eigenvalue weighted by atomic mass is 35.5. The largest absolute Gasteiger partial charge is 0.325 e. The van der Waals surface area contributed by atoms with E-state index in [9.17, 15) is 0 Å². The fraction of sp³-hybridized carbons (Fsp3) is 0.391. The third-order valence-electron chi connectivity index (χ3n) is 5.37. The minimum absolute atomic E-state index is 0.513. The van der Waals surface area contributed by atoms with Gasteiger partial charge in [-0.15, -0.1) is 11.6 Å². The molecule has 0 radical (unpaired) electrons. The van der Waals surface area contributed by atoms with Crippen molar-refractivity contribution in [2.24, 2.45) is 0 Å². The Bertz CT molecular complexity index is 849. The molecule has 0 aromatic heterocycles. The van der Waals surface area contributed by atoms with Gasteiger partial charge in [-0.2, -0.15) is 0 Å². The van der Waals surface area contributed by atoms with Crippen LogP contribution >= 0.6 is 11.6 Å². The minimum atomic E-state index is 0.513. The van der Waals surface area contributed by atoms with Crippen molar-refractivity contribution in [3.05, 3.63) is 69.0 Å². The van der Waals surface area contributed by atoms with Crippen LogP contribution in [-0.4, -0.2) is 12.5 Å². The van der Waals surface area contributed by atoms with Crippen LogP contribution in [0.1, 0.15) is 40.3 Å². The lowest BCUT2D eigenvalue weighted by molar-refractivity contribution is 0.920. The van der Waals surface area contributed by atoms with E-state index < -0.39 is 0 Å². The Morgan fingerprint density at radius 2 is 1.08 bits per heavy atom. The quantitative estimate of drug-likeness (QED) is 0.587. The molecule has 0 amide bonds. The highest BCUT2D eigenvalue weighted by Crippen LogP contribution is 2.39. The summed E-state index contributed by atoms with van der Waals surface area (Å²) >= 11 is 6.41. The molecule has 0 saturated heterocycles. The molecule has 1 heterocycles. The molecule has 2 aromatic rings. The molecular weight excluding hydrogens is 340 g/mol. The van der Waals surface area contributed by atoms with E-state index in [0.29, 0.717) is 5.88 Å². The lowest BCUT2D eigenvalue weighted by atomic mass is 10.0. The molecule has 1 aliphatic rings. The molecule has 2 nitrogen and oxygen atoms in total. The van der Waals surface area contributed by atoms with E-state index in [4.69, 9.17) is 11.6 Å². The number of aryl methyl sites for hydroxylation is 6. The van der Waals surface area contributed by atoms with Crippen LogP contribution in [0.2, 0.25) is 0 Å². The maximum atomic E-state index is 6.41. The second-order valence-electron chi connectivity index (χ2n) is 7.66.